The zero-order valence-corrected chi connectivity index (χ0v) is 12.5. The van der Waals surface area contributed by atoms with Gasteiger partial charge in [0.1, 0.15) is 6.67 Å². The number of benzene rings is 1. The molecule has 2 atom stereocenters. The molecule has 0 aliphatic carbocycles. The molecular weight excluding hydrogens is 293 g/mol. The molecule has 0 unspecified atom stereocenters. The van der Waals surface area contributed by atoms with Crippen molar-refractivity contribution in [2.75, 3.05) is 11.6 Å². The summed E-state index contributed by atoms with van der Waals surface area (Å²) >= 11 is 12.2. The molecule has 0 aromatic heterocycles. The first kappa shape index (κ1) is 12.7. The van der Waals surface area contributed by atoms with E-state index < -0.39 is 0 Å². The van der Waals surface area contributed by atoms with Gasteiger partial charge in [-0.25, -0.2) is 0 Å². The van der Waals surface area contributed by atoms with E-state index in [1.54, 1.807) is 0 Å². The van der Waals surface area contributed by atoms with E-state index in [0.29, 0.717) is 28.8 Å². The molecule has 1 fully saturated rings. The second-order valence-electron chi connectivity index (χ2n) is 5.58. The van der Waals surface area contributed by atoms with E-state index in [1.165, 1.54) is 24.1 Å². The summed E-state index contributed by atoms with van der Waals surface area (Å²) in [6, 6.07) is 6.88. The van der Waals surface area contributed by atoms with Crippen LogP contribution in [0.15, 0.2) is 34.5 Å². The summed E-state index contributed by atoms with van der Waals surface area (Å²) < 4.78 is 0. The van der Waals surface area contributed by atoms with E-state index in [1.807, 2.05) is 24.4 Å². The van der Waals surface area contributed by atoms with Crippen LogP contribution in [0, 0.1) is 0 Å². The molecule has 1 saturated heterocycles. The third-order valence-corrected chi connectivity index (χ3v) is 5.12. The Balaban J connectivity index is 1.75. The molecule has 2 bridgehead atoms. The minimum absolute atomic E-state index is 0.470. The molecule has 0 radical (unpaired) electrons. The van der Waals surface area contributed by atoms with Gasteiger partial charge in [-0.15, -0.1) is 0 Å². The molecule has 104 valence electrons. The normalized spacial score (nSPS) is 28.0. The maximum atomic E-state index is 6.15. The largest absolute Gasteiger partial charge is 0.325 e. The minimum atomic E-state index is 0.470. The van der Waals surface area contributed by atoms with Crippen molar-refractivity contribution < 1.29 is 0 Å². The number of rotatable bonds is 1. The van der Waals surface area contributed by atoms with Gasteiger partial charge in [0, 0.05) is 41.7 Å². The minimum Gasteiger partial charge on any atom is -0.325 e. The third-order valence-electron chi connectivity index (χ3n) is 4.38. The molecule has 3 nitrogen and oxygen atoms in total. The molecular formula is C15H15Cl2N3. The second-order valence-corrected chi connectivity index (χ2v) is 6.39. The van der Waals surface area contributed by atoms with Gasteiger partial charge in [0.25, 0.3) is 0 Å². The van der Waals surface area contributed by atoms with Crippen LogP contribution in [0.3, 0.4) is 0 Å². The van der Waals surface area contributed by atoms with E-state index in [-0.39, 0.29) is 0 Å². The van der Waals surface area contributed by atoms with Crippen molar-refractivity contribution >= 4 is 35.1 Å². The molecule has 1 N–H and O–H groups in total. The Morgan fingerprint density at radius 3 is 2.95 bits per heavy atom. The average molecular weight is 308 g/mol. The van der Waals surface area contributed by atoms with Crippen molar-refractivity contribution in [3.63, 3.8) is 0 Å². The zero-order chi connectivity index (χ0) is 13.7. The van der Waals surface area contributed by atoms with Gasteiger partial charge in [-0.05, 0) is 31.0 Å². The fourth-order valence-corrected chi connectivity index (χ4v) is 3.70. The van der Waals surface area contributed by atoms with Gasteiger partial charge in [0.2, 0.25) is 0 Å². The summed E-state index contributed by atoms with van der Waals surface area (Å²) in [7, 11) is 0. The molecule has 0 amide bonds. The number of hydrogen-bond acceptors (Lipinski definition) is 3. The Hall–Kier alpha value is -1.03. The highest BCUT2D eigenvalue weighted by atomic mass is 35.5. The number of anilines is 1. The van der Waals surface area contributed by atoms with Crippen LogP contribution in [0.5, 0.6) is 0 Å². The standard InChI is InChI=1S/C15H15Cl2N3/c16-12-3-2-10(6-13(12)17)20-8-18-7-11-14-4-1-9(19-14)5-15(11)20/h2-3,6-7,9,14,19H,1,4-5,8H2/t9-,14+/m0/s1. The van der Waals surface area contributed by atoms with E-state index in [4.69, 9.17) is 23.2 Å². The van der Waals surface area contributed by atoms with Crippen LogP contribution in [-0.2, 0) is 0 Å². The van der Waals surface area contributed by atoms with E-state index in [2.05, 4.69) is 15.2 Å². The first-order valence-corrected chi connectivity index (χ1v) is 7.69. The third kappa shape index (κ3) is 1.96. The van der Waals surface area contributed by atoms with E-state index >= 15 is 0 Å². The summed E-state index contributed by atoms with van der Waals surface area (Å²) in [5.41, 5.74) is 3.81. The Bertz CT molecular complexity index is 624. The molecule has 0 spiro atoms. The highest BCUT2D eigenvalue weighted by molar-refractivity contribution is 6.42. The lowest BCUT2D eigenvalue weighted by Gasteiger charge is -2.36. The highest BCUT2D eigenvalue weighted by Crippen LogP contribution is 2.37. The van der Waals surface area contributed by atoms with Crippen LogP contribution in [0.4, 0.5) is 5.69 Å². The lowest BCUT2D eigenvalue weighted by atomic mass is 9.99. The average Bonchev–Trinajstić information content (AvgIpc) is 2.84. The van der Waals surface area contributed by atoms with Gasteiger partial charge >= 0.3 is 0 Å². The first-order valence-electron chi connectivity index (χ1n) is 6.94. The Morgan fingerprint density at radius 1 is 1.20 bits per heavy atom. The smallest absolute Gasteiger partial charge is 0.114 e. The fourth-order valence-electron chi connectivity index (χ4n) is 3.40. The monoisotopic (exact) mass is 307 g/mol. The lowest BCUT2D eigenvalue weighted by Crippen LogP contribution is -2.43. The molecule has 3 aliphatic heterocycles. The number of hydrogen-bond donors (Lipinski definition) is 1. The van der Waals surface area contributed by atoms with Crippen LogP contribution >= 0.6 is 23.2 Å². The predicted octanol–water partition coefficient (Wildman–Crippen LogP) is 3.62. The fraction of sp³-hybridized carbons (Fsp3) is 0.400. The quantitative estimate of drug-likeness (QED) is 0.858. The highest BCUT2D eigenvalue weighted by Gasteiger charge is 2.36. The molecule has 0 saturated carbocycles. The molecule has 3 heterocycles. The summed E-state index contributed by atoms with van der Waals surface area (Å²) in [6.07, 6.45) is 5.58. The van der Waals surface area contributed by atoms with Crippen molar-refractivity contribution in [1.29, 1.82) is 0 Å². The number of aliphatic imine (C=N–C) groups is 1. The number of nitrogens with zero attached hydrogens (tertiary/aromatic N) is 2. The van der Waals surface area contributed by atoms with Crippen LogP contribution in [0.1, 0.15) is 19.3 Å². The van der Waals surface area contributed by atoms with Crippen LogP contribution in [0.25, 0.3) is 0 Å². The topological polar surface area (TPSA) is 27.6 Å². The van der Waals surface area contributed by atoms with Crippen molar-refractivity contribution in [1.82, 2.24) is 5.32 Å². The van der Waals surface area contributed by atoms with Gasteiger partial charge in [-0.1, -0.05) is 23.2 Å². The molecule has 1 aromatic rings. The number of fused-ring (bicyclic) bond motifs is 3. The Morgan fingerprint density at radius 2 is 2.10 bits per heavy atom. The Kier molecular flexibility index (Phi) is 3.02. The molecule has 4 rings (SSSR count). The molecule has 5 heteroatoms. The molecule has 1 aromatic carbocycles. The predicted molar refractivity (Wildman–Crippen MR) is 83.9 cm³/mol. The van der Waals surface area contributed by atoms with Gasteiger partial charge in [0.15, 0.2) is 0 Å². The van der Waals surface area contributed by atoms with Crippen LogP contribution < -0.4 is 10.2 Å². The van der Waals surface area contributed by atoms with E-state index in [0.717, 1.165) is 12.1 Å². The second kappa shape index (κ2) is 4.76. The van der Waals surface area contributed by atoms with Gasteiger partial charge in [0.05, 0.1) is 10.0 Å². The van der Waals surface area contributed by atoms with Crippen LogP contribution in [0.2, 0.25) is 10.0 Å². The zero-order valence-electron chi connectivity index (χ0n) is 10.9. The summed E-state index contributed by atoms with van der Waals surface area (Å²) in [5, 5.41) is 4.85. The Labute approximate surface area is 128 Å². The number of nitrogens with one attached hydrogen (secondary N) is 1. The van der Waals surface area contributed by atoms with Crippen LogP contribution in [-0.4, -0.2) is 25.0 Å². The molecule has 3 aliphatic rings. The van der Waals surface area contributed by atoms with Crippen molar-refractivity contribution in [2.45, 2.75) is 31.3 Å². The maximum Gasteiger partial charge on any atom is 0.114 e. The summed E-state index contributed by atoms with van der Waals surface area (Å²) in [6.45, 7) is 0.663. The van der Waals surface area contributed by atoms with Gasteiger partial charge in [-0.3, -0.25) is 4.99 Å². The molecule has 20 heavy (non-hydrogen) atoms. The summed E-state index contributed by atoms with van der Waals surface area (Å²) in [5.74, 6) is 0. The SMILES string of the molecule is Clc1ccc(N2CN=CC3=C2C[C@@H]2CC[C@H]3N2)cc1Cl. The van der Waals surface area contributed by atoms with Crippen molar-refractivity contribution in [3.8, 4) is 0 Å². The van der Waals surface area contributed by atoms with E-state index in [9.17, 15) is 0 Å². The van der Waals surface area contributed by atoms with Gasteiger partial charge in [-0.2, -0.15) is 0 Å². The lowest BCUT2D eigenvalue weighted by molar-refractivity contribution is 0.528. The van der Waals surface area contributed by atoms with Crippen molar-refractivity contribution in [2.24, 2.45) is 4.99 Å². The first-order chi connectivity index (χ1) is 9.72. The van der Waals surface area contributed by atoms with Gasteiger partial charge < -0.3 is 10.2 Å². The van der Waals surface area contributed by atoms with Crippen molar-refractivity contribution in [3.05, 3.63) is 39.5 Å². The number of halogens is 2. The maximum absolute atomic E-state index is 6.15. The summed E-state index contributed by atoms with van der Waals surface area (Å²) in [4.78, 5) is 6.78.